The van der Waals surface area contributed by atoms with Gasteiger partial charge in [0.15, 0.2) is 0 Å². The number of thioether (sulfide) groups is 1. The smallest absolute Gasteiger partial charge is 0.326 e. The maximum absolute atomic E-state index is 12.3. The van der Waals surface area contributed by atoms with Crippen LogP contribution >= 0.6 is 24.0 Å². The molecule has 0 aliphatic carbocycles. The van der Waals surface area contributed by atoms with Crippen LogP contribution in [0.25, 0.3) is 6.08 Å². The standard InChI is InChI=1S/C23H21N3O6S2/c27-19(28)10-9-17(22(31)32)25-20(29)15-5-1-14(2-6-15)12-24-16-7-3-13(4-8-16)11-18-21(30)26-23(33)34-18/h1-8,11,17,24H,9-10,12H2,(H,25,29)(H,27,28)(H,31,32)(H,26,30,33)/b18-11-/t17-/m1/s1. The van der Waals surface area contributed by atoms with Crippen molar-refractivity contribution in [3.8, 4) is 0 Å². The third-order valence-corrected chi connectivity index (χ3v) is 5.98. The van der Waals surface area contributed by atoms with Gasteiger partial charge in [-0.3, -0.25) is 14.4 Å². The summed E-state index contributed by atoms with van der Waals surface area (Å²) in [5.74, 6) is -3.20. The first-order valence-corrected chi connectivity index (χ1v) is 11.4. The number of rotatable bonds is 10. The van der Waals surface area contributed by atoms with Crippen LogP contribution in [0, 0.1) is 0 Å². The van der Waals surface area contributed by atoms with Gasteiger partial charge in [-0.2, -0.15) is 0 Å². The highest BCUT2D eigenvalue weighted by molar-refractivity contribution is 8.26. The molecule has 34 heavy (non-hydrogen) atoms. The normalized spacial score (nSPS) is 15.0. The van der Waals surface area contributed by atoms with Crippen molar-refractivity contribution < 1.29 is 29.4 Å². The highest BCUT2D eigenvalue weighted by atomic mass is 32.2. The number of aliphatic carboxylic acids is 2. The zero-order chi connectivity index (χ0) is 24.7. The van der Waals surface area contributed by atoms with Crippen molar-refractivity contribution >= 4 is 63.8 Å². The topological polar surface area (TPSA) is 145 Å². The van der Waals surface area contributed by atoms with Crippen LogP contribution in [-0.4, -0.2) is 44.3 Å². The van der Waals surface area contributed by atoms with Crippen molar-refractivity contribution in [3.63, 3.8) is 0 Å². The molecule has 0 unspecified atom stereocenters. The van der Waals surface area contributed by atoms with E-state index in [0.29, 0.717) is 15.8 Å². The molecule has 0 spiro atoms. The molecule has 2 amide bonds. The lowest BCUT2D eigenvalue weighted by molar-refractivity contribution is -0.140. The molecule has 1 aliphatic rings. The lowest BCUT2D eigenvalue weighted by atomic mass is 10.1. The van der Waals surface area contributed by atoms with Crippen molar-refractivity contribution in [1.82, 2.24) is 10.6 Å². The molecule has 1 atom stereocenters. The second-order valence-electron chi connectivity index (χ2n) is 7.32. The summed E-state index contributed by atoms with van der Waals surface area (Å²) in [5, 5.41) is 26.1. The van der Waals surface area contributed by atoms with Gasteiger partial charge in [0.2, 0.25) is 0 Å². The number of carbonyl (C=O) groups is 4. The molecule has 0 aromatic heterocycles. The van der Waals surface area contributed by atoms with Crippen LogP contribution in [0.1, 0.15) is 34.3 Å². The third-order valence-electron chi connectivity index (χ3n) is 4.81. The number of anilines is 1. The fourth-order valence-corrected chi connectivity index (χ4v) is 4.06. The van der Waals surface area contributed by atoms with E-state index in [4.69, 9.17) is 17.3 Å². The summed E-state index contributed by atoms with van der Waals surface area (Å²) in [5.41, 5.74) is 2.91. The molecule has 9 nitrogen and oxygen atoms in total. The average Bonchev–Trinajstić information content (AvgIpc) is 3.12. The Morgan fingerprint density at radius 3 is 2.29 bits per heavy atom. The van der Waals surface area contributed by atoms with E-state index in [9.17, 15) is 24.3 Å². The van der Waals surface area contributed by atoms with Crippen LogP contribution in [0.15, 0.2) is 53.4 Å². The van der Waals surface area contributed by atoms with Gasteiger partial charge in [-0.05, 0) is 47.9 Å². The lowest BCUT2D eigenvalue weighted by Crippen LogP contribution is -2.41. The number of carboxylic acid groups (broad SMARTS) is 2. The number of amides is 2. The van der Waals surface area contributed by atoms with Crippen LogP contribution in [-0.2, 0) is 20.9 Å². The van der Waals surface area contributed by atoms with Gasteiger partial charge in [-0.15, -0.1) is 0 Å². The van der Waals surface area contributed by atoms with E-state index in [1.54, 1.807) is 30.3 Å². The van der Waals surface area contributed by atoms with Gasteiger partial charge >= 0.3 is 11.9 Å². The maximum Gasteiger partial charge on any atom is 0.326 e. The Bertz CT molecular complexity index is 1150. The largest absolute Gasteiger partial charge is 0.481 e. The van der Waals surface area contributed by atoms with E-state index < -0.39 is 23.9 Å². The summed E-state index contributed by atoms with van der Waals surface area (Å²) in [4.78, 5) is 46.5. The number of carbonyl (C=O) groups excluding carboxylic acids is 2. The van der Waals surface area contributed by atoms with Crippen LogP contribution < -0.4 is 16.0 Å². The fourth-order valence-electron chi connectivity index (χ4n) is 3.01. The molecule has 5 N–H and O–H groups in total. The van der Waals surface area contributed by atoms with Gasteiger partial charge in [0, 0.05) is 24.2 Å². The van der Waals surface area contributed by atoms with Crippen molar-refractivity contribution in [2.24, 2.45) is 0 Å². The predicted molar refractivity (Wildman–Crippen MR) is 132 cm³/mol. The number of hydrogen-bond donors (Lipinski definition) is 5. The number of benzene rings is 2. The molecule has 11 heteroatoms. The van der Waals surface area contributed by atoms with Crippen LogP contribution in [0.2, 0.25) is 0 Å². The summed E-state index contributed by atoms with van der Waals surface area (Å²) in [6.07, 6.45) is 1.21. The molecule has 1 aliphatic heterocycles. The van der Waals surface area contributed by atoms with Crippen LogP contribution in [0.4, 0.5) is 5.69 Å². The number of carboxylic acids is 2. The fraction of sp³-hybridized carbons (Fsp3) is 0.174. The SMILES string of the molecule is O=C(O)CC[C@@H](NC(=O)c1ccc(CNc2ccc(/C=C3\SC(=S)NC3=O)cc2)cc1)C(=O)O. The van der Waals surface area contributed by atoms with E-state index in [0.717, 1.165) is 16.8 Å². The molecule has 2 aromatic carbocycles. The molecule has 0 saturated carbocycles. The van der Waals surface area contributed by atoms with E-state index in [1.807, 2.05) is 24.3 Å². The van der Waals surface area contributed by atoms with Gasteiger partial charge in [0.25, 0.3) is 11.8 Å². The Kier molecular flexibility index (Phi) is 8.39. The Morgan fingerprint density at radius 2 is 1.74 bits per heavy atom. The first kappa shape index (κ1) is 24.9. The molecule has 1 saturated heterocycles. The predicted octanol–water partition coefficient (Wildman–Crippen LogP) is 2.84. The van der Waals surface area contributed by atoms with Gasteiger partial charge < -0.3 is 26.2 Å². The highest BCUT2D eigenvalue weighted by Crippen LogP contribution is 2.26. The molecule has 1 heterocycles. The van der Waals surface area contributed by atoms with E-state index in [2.05, 4.69) is 16.0 Å². The Hall–Kier alpha value is -3.70. The molecule has 176 valence electrons. The van der Waals surface area contributed by atoms with Crippen LogP contribution in [0.5, 0.6) is 0 Å². The minimum Gasteiger partial charge on any atom is -0.481 e. The van der Waals surface area contributed by atoms with E-state index in [1.165, 1.54) is 11.8 Å². The van der Waals surface area contributed by atoms with Gasteiger partial charge in [-0.25, -0.2) is 4.79 Å². The first-order chi connectivity index (χ1) is 16.2. The Morgan fingerprint density at radius 1 is 1.06 bits per heavy atom. The van der Waals surface area contributed by atoms with Gasteiger partial charge in [0.05, 0.1) is 4.91 Å². The lowest BCUT2D eigenvalue weighted by Gasteiger charge is -2.14. The van der Waals surface area contributed by atoms with E-state index in [-0.39, 0.29) is 24.3 Å². The minimum atomic E-state index is -1.29. The highest BCUT2D eigenvalue weighted by Gasteiger charge is 2.22. The molecular weight excluding hydrogens is 478 g/mol. The summed E-state index contributed by atoms with van der Waals surface area (Å²) < 4.78 is 0.443. The molecule has 2 aromatic rings. The summed E-state index contributed by atoms with van der Waals surface area (Å²) >= 11 is 6.20. The van der Waals surface area contributed by atoms with Crippen molar-refractivity contribution in [1.29, 1.82) is 0 Å². The third kappa shape index (κ3) is 7.15. The number of hydrogen-bond acceptors (Lipinski definition) is 7. The summed E-state index contributed by atoms with van der Waals surface area (Å²) in [7, 11) is 0. The van der Waals surface area contributed by atoms with Crippen molar-refractivity contribution in [2.45, 2.75) is 25.4 Å². The quantitative estimate of drug-likeness (QED) is 0.246. The molecule has 3 rings (SSSR count). The summed E-state index contributed by atoms with van der Waals surface area (Å²) in [6, 6.07) is 12.9. The minimum absolute atomic E-state index is 0.201. The number of thiocarbonyl (C=S) groups is 1. The summed E-state index contributed by atoms with van der Waals surface area (Å²) in [6.45, 7) is 0.491. The second-order valence-corrected chi connectivity index (χ2v) is 9.04. The maximum atomic E-state index is 12.3. The molecule has 1 fully saturated rings. The van der Waals surface area contributed by atoms with Gasteiger partial charge in [0.1, 0.15) is 10.4 Å². The van der Waals surface area contributed by atoms with Crippen LogP contribution in [0.3, 0.4) is 0 Å². The first-order valence-electron chi connectivity index (χ1n) is 10.1. The zero-order valence-electron chi connectivity index (χ0n) is 17.7. The second kappa shape index (κ2) is 11.4. The molecule has 0 bridgehead atoms. The average molecular weight is 500 g/mol. The molecule has 0 radical (unpaired) electrons. The monoisotopic (exact) mass is 499 g/mol. The van der Waals surface area contributed by atoms with Crippen molar-refractivity contribution in [3.05, 3.63) is 70.1 Å². The van der Waals surface area contributed by atoms with Crippen molar-refractivity contribution in [2.75, 3.05) is 5.32 Å². The Balaban J connectivity index is 1.53. The molecular formula is C23H21N3O6S2. The van der Waals surface area contributed by atoms with E-state index >= 15 is 0 Å². The number of nitrogens with one attached hydrogen (secondary N) is 3. The Labute approximate surface area is 204 Å². The zero-order valence-corrected chi connectivity index (χ0v) is 19.4. The van der Waals surface area contributed by atoms with Gasteiger partial charge in [-0.1, -0.05) is 48.2 Å².